The van der Waals surface area contributed by atoms with Crippen LogP contribution >= 0.6 is 9.47 Å². The molecule has 3 aromatic rings. The van der Waals surface area contributed by atoms with E-state index in [4.69, 9.17) is 18.7 Å². The molecule has 0 radical (unpaired) electrons. The largest absolute Gasteiger partial charge is 0.480 e. The van der Waals surface area contributed by atoms with Crippen molar-refractivity contribution in [1.82, 2.24) is 19.5 Å². The number of nitrogens with one attached hydrogen (secondary N) is 1. The van der Waals surface area contributed by atoms with Gasteiger partial charge in [-0.15, -0.1) is 0 Å². The normalized spacial score (nSPS) is 26.8. The molecule has 5 atom stereocenters. The third-order valence-electron chi connectivity index (χ3n) is 5.46. The number of hydrogen-bond acceptors (Lipinski definition) is 9. The summed E-state index contributed by atoms with van der Waals surface area (Å²) in [6.45, 7) is 4.11. The molecular weight excluding hydrogens is 421 g/mol. The van der Waals surface area contributed by atoms with Crippen molar-refractivity contribution in [2.75, 3.05) is 11.9 Å². The zero-order valence-electron chi connectivity index (χ0n) is 17.1. The van der Waals surface area contributed by atoms with Gasteiger partial charge in [0.15, 0.2) is 29.0 Å². The number of fused-ring (bicyclic) bond motifs is 2. The highest BCUT2D eigenvalue weighted by atomic mass is 31.0. The number of benzene rings is 1. The maximum Gasteiger partial charge on any atom is 0.167 e. The minimum absolute atomic E-state index is 0.161. The summed E-state index contributed by atoms with van der Waals surface area (Å²) in [5.41, 5.74) is 2.31. The molecule has 2 aliphatic heterocycles. The van der Waals surface area contributed by atoms with Gasteiger partial charge in [-0.25, -0.2) is 15.0 Å². The molecule has 5 unspecified atom stereocenters. The van der Waals surface area contributed by atoms with Crippen molar-refractivity contribution in [3.63, 3.8) is 0 Å². The van der Waals surface area contributed by atoms with Crippen LogP contribution in [0.2, 0.25) is 0 Å². The summed E-state index contributed by atoms with van der Waals surface area (Å²) in [6, 6.07) is 7.74. The molecule has 2 saturated heterocycles. The number of aliphatic hydroxyl groups excluding tert-OH is 1. The van der Waals surface area contributed by atoms with Crippen LogP contribution in [0.1, 0.15) is 25.6 Å². The molecule has 0 bridgehead atoms. The molecule has 2 N–H and O–H groups in total. The van der Waals surface area contributed by atoms with Crippen LogP contribution in [0, 0.1) is 0 Å². The molecule has 2 fully saturated rings. The minimum atomic E-state index is -0.750. The van der Waals surface area contributed by atoms with Crippen molar-refractivity contribution in [3.05, 3.63) is 42.5 Å². The highest BCUT2D eigenvalue weighted by Gasteiger charge is 2.55. The standard InChI is InChI=1S/C20H24N5O5P/c1-20(2)28-15-13(8-26)27-19(16(15)29-20)25-10-24-14-17(22-9-23-18(14)25)21-7-11-3-5-12(30-31)6-4-11/h3-6,9-10,13,15-16,19,26H,7-8,31H2,1-2H3,(H,21,22,23). The predicted molar refractivity (Wildman–Crippen MR) is 114 cm³/mol. The van der Waals surface area contributed by atoms with E-state index in [2.05, 4.69) is 29.7 Å². The average molecular weight is 445 g/mol. The van der Waals surface area contributed by atoms with Gasteiger partial charge < -0.3 is 29.2 Å². The molecule has 0 saturated carbocycles. The van der Waals surface area contributed by atoms with Gasteiger partial charge in [0.05, 0.1) is 22.4 Å². The maximum atomic E-state index is 9.74. The van der Waals surface area contributed by atoms with E-state index in [1.54, 1.807) is 6.33 Å². The van der Waals surface area contributed by atoms with E-state index in [0.29, 0.717) is 23.5 Å². The van der Waals surface area contributed by atoms with Gasteiger partial charge in [0.25, 0.3) is 0 Å². The van der Waals surface area contributed by atoms with Crippen LogP contribution in [-0.2, 0) is 20.8 Å². The lowest BCUT2D eigenvalue weighted by atomic mass is 10.1. The van der Waals surface area contributed by atoms with E-state index in [0.717, 1.165) is 11.3 Å². The lowest BCUT2D eigenvalue weighted by Crippen LogP contribution is -2.31. The molecule has 2 aliphatic rings. The fourth-order valence-electron chi connectivity index (χ4n) is 4.07. The zero-order valence-corrected chi connectivity index (χ0v) is 18.3. The number of imidazole rings is 1. The van der Waals surface area contributed by atoms with Gasteiger partial charge in [-0.3, -0.25) is 4.57 Å². The Morgan fingerprint density at radius 1 is 1.16 bits per heavy atom. The van der Waals surface area contributed by atoms with Gasteiger partial charge in [0, 0.05) is 6.54 Å². The first-order chi connectivity index (χ1) is 15.0. The average Bonchev–Trinajstić information content (AvgIpc) is 3.43. The fraction of sp³-hybridized carbons (Fsp3) is 0.450. The third kappa shape index (κ3) is 3.75. The summed E-state index contributed by atoms with van der Waals surface area (Å²) >= 11 is 0. The van der Waals surface area contributed by atoms with Gasteiger partial charge in [0.1, 0.15) is 30.4 Å². The number of anilines is 1. The summed E-state index contributed by atoms with van der Waals surface area (Å²) in [4.78, 5) is 13.3. The molecule has 4 heterocycles. The van der Waals surface area contributed by atoms with Gasteiger partial charge in [-0.1, -0.05) is 12.1 Å². The number of ether oxygens (including phenoxy) is 3. The summed E-state index contributed by atoms with van der Waals surface area (Å²) in [7, 11) is 2.23. The minimum Gasteiger partial charge on any atom is -0.480 e. The van der Waals surface area contributed by atoms with Crippen molar-refractivity contribution in [2.24, 2.45) is 0 Å². The van der Waals surface area contributed by atoms with Crippen LogP contribution in [-0.4, -0.2) is 55.3 Å². The van der Waals surface area contributed by atoms with E-state index in [1.807, 2.05) is 42.7 Å². The molecule has 11 heteroatoms. The molecule has 164 valence electrons. The van der Waals surface area contributed by atoms with Gasteiger partial charge in [-0.05, 0) is 31.5 Å². The Bertz CT molecular complexity index is 1080. The summed E-state index contributed by atoms with van der Waals surface area (Å²) < 4.78 is 25.0. The van der Waals surface area contributed by atoms with Crippen LogP contribution in [0.5, 0.6) is 5.75 Å². The Kier molecular flexibility index (Phi) is 5.27. The fourth-order valence-corrected chi connectivity index (χ4v) is 4.23. The Labute approximate surface area is 181 Å². The van der Waals surface area contributed by atoms with E-state index in [-0.39, 0.29) is 18.8 Å². The van der Waals surface area contributed by atoms with Crippen LogP contribution < -0.4 is 9.84 Å². The van der Waals surface area contributed by atoms with E-state index in [9.17, 15) is 5.11 Å². The molecule has 0 amide bonds. The molecule has 10 nitrogen and oxygen atoms in total. The second kappa shape index (κ2) is 7.96. The van der Waals surface area contributed by atoms with Gasteiger partial charge >= 0.3 is 0 Å². The van der Waals surface area contributed by atoms with Gasteiger partial charge in [0.2, 0.25) is 0 Å². The molecule has 5 rings (SSSR count). The zero-order chi connectivity index (χ0) is 21.6. The lowest BCUT2D eigenvalue weighted by Gasteiger charge is -2.24. The van der Waals surface area contributed by atoms with Crippen LogP contribution in [0.25, 0.3) is 11.2 Å². The van der Waals surface area contributed by atoms with E-state index in [1.165, 1.54) is 6.33 Å². The Hall–Kier alpha value is -2.36. The first-order valence-electron chi connectivity index (χ1n) is 9.98. The lowest BCUT2D eigenvalue weighted by molar-refractivity contribution is -0.199. The summed E-state index contributed by atoms with van der Waals surface area (Å²) in [6.07, 6.45) is 1.40. The maximum absolute atomic E-state index is 9.74. The van der Waals surface area contributed by atoms with Gasteiger partial charge in [-0.2, -0.15) is 0 Å². The Balaban J connectivity index is 1.40. The molecule has 2 aromatic heterocycles. The van der Waals surface area contributed by atoms with Crippen LogP contribution in [0.4, 0.5) is 5.82 Å². The number of hydrogen-bond donors (Lipinski definition) is 2. The second-order valence-corrected chi connectivity index (χ2v) is 8.21. The molecule has 1 aromatic carbocycles. The second-order valence-electron chi connectivity index (χ2n) is 7.97. The summed E-state index contributed by atoms with van der Waals surface area (Å²) in [5.74, 6) is 0.640. The van der Waals surface area contributed by atoms with Crippen LogP contribution in [0.15, 0.2) is 36.9 Å². The van der Waals surface area contributed by atoms with E-state index >= 15 is 0 Å². The third-order valence-corrected chi connectivity index (χ3v) is 5.73. The molecule has 31 heavy (non-hydrogen) atoms. The topological polar surface area (TPSA) is 113 Å². The van der Waals surface area contributed by atoms with Crippen molar-refractivity contribution in [2.45, 2.75) is 50.7 Å². The molecular formula is C20H24N5O5P. The first-order valence-corrected chi connectivity index (χ1v) is 10.5. The van der Waals surface area contributed by atoms with Crippen molar-refractivity contribution in [1.29, 1.82) is 0 Å². The smallest absolute Gasteiger partial charge is 0.167 e. The van der Waals surface area contributed by atoms with Crippen molar-refractivity contribution in [3.8, 4) is 5.75 Å². The van der Waals surface area contributed by atoms with Crippen LogP contribution in [0.3, 0.4) is 0 Å². The molecule has 0 spiro atoms. The Morgan fingerprint density at radius 3 is 2.68 bits per heavy atom. The summed E-state index contributed by atoms with van der Waals surface area (Å²) in [5, 5.41) is 13.1. The SMILES string of the molecule is CC1(C)OC2C(CO)OC(n3cnc4c(NCc5ccc(OP)cc5)ncnc43)C2O1. The monoisotopic (exact) mass is 445 g/mol. The number of aromatic nitrogens is 4. The number of rotatable bonds is 6. The number of nitrogens with zero attached hydrogens (tertiary/aromatic N) is 4. The highest BCUT2D eigenvalue weighted by molar-refractivity contribution is 7.10. The number of aliphatic hydroxyl groups is 1. The Morgan fingerprint density at radius 2 is 1.94 bits per heavy atom. The quantitative estimate of drug-likeness (QED) is 0.550. The van der Waals surface area contributed by atoms with E-state index < -0.39 is 18.1 Å². The molecule has 0 aliphatic carbocycles. The first kappa shape index (κ1) is 20.5. The predicted octanol–water partition coefficient (Wildman–Crippen LogP) is 2.02. The van der Waals surface area contributed by atoms with Crippen molar-refractivity contribution < 1.29 is 23.8 Å². The highest BCUT2D eigenvalue weighted by Crippen LogP contribution is 2.43. The van der Waals surface area contributed by atoms with Crippen molar-refractivity contribution >= 4 is 26.4 Å².